The van der Waals surface area contributed by atoms with Gasteiger partial charge in [-0.2, -0.15) is 5.10 Å². The van der Waals surface area contributed by atoms with Crippen LogP contribution in [0, 0.1) is 6.92 Å². The molecule has 0 bridgehead atoms. The molecule has 160 valence electrons. The molecule has 2 N–H and O–H groups in total. The third-order valence-electron chi connectivity index (χ3n) is 5.33. The van der Waals surface area contributed by atoms with Crippen molar-refractivity contribution in [2.45, 2.75) is 25.7 Å². The topological polar surface area (TPSA) is 98.6 Å². The van der Waals surface area contributed by atoms with Crippen LogP contribution in [0.4, 0.5) is 4.79 Å². The summed E-state index contributed by atoms with van der Waals surface area (Å²) in [5.74, 6) is 0.814. The Hall–Kier alpha value is -3.88. The van der Waals surface area contributed by atoms with E-state index in [1.54, 1.807) is 20.4 Å². The zero-order valence-corrected chi connectivity index (χ0v) is 17.6. The highest BCUT2D eigenvalue weighted by Gasteiger charge is 2.48. The molecule has 2 aliphatic heterocycles. The maximum absolute atomic E-state index is 12.6. The van der Waals surface area contributed by atoms with Crippen LogP contribution in [0.3, 0.4) is 0 Å². The normalized spacial score (nSPS) is 20.5. The number of guanidine groups is 1. The van der Waals surface area contributed by atoms with Gasteiger partial charge in [-0.15, -0.1) is 0 Å². The number of hydrogen-bond donors (Lipinski definition) is 2. The standard InChI is InChI=1S/C22H24N6O3/c1-14-4-6-16(7-5-14)13-28-18-19(27(2)22(30)25-20(18)29)24-21(28)26-23-12-15-8-10-17(31-3)11-9-15/h4-12,18-19H,13H2,1-3H3,(H,24,26)(H,25,29,30)/b23-12+. The van der Waals surface area contributed by atoms with Crippen molar-refractivity contribution in [2.24, 2.45) is 10.1 Å². The van der Waals surface area contributed by atoms with Gasteiger partial charge in [-0.3, -0.25) is 10.1 Å². The first kappa shape index (κ1) is 20.4. The van der Waals surface area contributed by atoms with Gasteiger partial charge in [0.05, 0.1) is 13.3 Å². The number of methoxy groups -OCH3 is 1. The number of amides is 3. The molecule has 3 amide bonds. The number of urea groups is 1. The molecule has 2 unspecified atom stereocenters. The van der Waals surface area contributed by atoms with Crippen LogP contribution < -0.4 is 15.5 Å². The number of hydrogen-bond acceptors (Lipinski definition) is 7. The van der Waals surface area contributed by atoms with Gasteiger partial charge < -0.3 is 14.5 Å². The predicted octanol–water partition coefficient (Wildman–Crippen LogP) is 1.68. The largest absolute Gasteiger partial charge is 0.497 e. The quantitative estimate of drug-likeness (QED) is 0.566. The van der Waals surface area contributed by atoms with E-state index in [0.29, 0.717) is 12.5 Å². The number of aliphatic imine (C=N–C) groups is 1. The summed E-state index contributed by atoms with van der Waals surface area (Å²) in [6.07, 6.45) is 1.04. The Labute approximate surface area is 180 Å². The average molecular weight is 420 g/mol. The van der Waals surface area contributed by atoms with E-state index >= 15 is 0 Å². The molecule has 2 aromatic carbocycles. The molecule has 0 aromatic heterocycles. The summed E-state index contributed by atoms with van der Waals surface area (Å²) in [6.45, 7) is 2.47. The molecule has 1 saturated heterocycles. The van der Waals surface area contributed by atoms with Crippen LogP contribution in [0.25, 0.3) is 0 Å². The molecule has 9 heteroatoms. The summed E-state index contributed by atoms with van der Waals surface area (Å²) < 4.78 is 5.16. The molecule has 4 rings (SSSR count). The first-order valence-electron chi connectivity index (χ1n) is 9.87. The van der Waals surface area contributed by atoms with Crippen LogP contribution in [-0.4, -0.2) is 60.3 Å². The summed E-state index contributed by atoms with van der Waals surface area (Å²) in [6, 6.07) is 14.4. The lowest BCUT2D eigenvalue weighted by Crippen LogP contribution is -2.63. The summed E-state index contributed by atoms with van der Waals surface area (Å²) >= 11 is 0. The van der Waals surface area contributed by atoms with Crippen LogP contribution in [-0.2, 0) is 11.3 Å². The van der Waals surface area contributed by atoms with Crippen molar-refractivity contribution in [3.8, 4) is 5.75 Å². The number of carbonyl (C=O) groups is 2. The monoisotopic (exact) mass is 420 g/mol. The van der Waals surface area contributed by atoms with E-state index in [-0.39, 0.29) is 5.91 Å². The lowest BCUT2D eigenvalue weighted by atomic mass is 10.1. The Morgan fingerprint density at radius 3 is 2.55 bits per heavy atom. The zero-order chi connectivity index (χ0) is 22.0. The molecule has 9 nitrogen and oxygen atoms in total. The Kier molecular flexibility index (Phi) is 5.57. The molecule has 0 spiro atoms. The number of nitrogens with one attached hydrogen (secondary N) is 2. The molecule has 1 fully saturated rings. The van der Waals surface area contributed by atoms with Crippen LogP contribution in [0.5, 0.6) is 5.75 Å². The van der Waals surface area contributed by atoms with Crippen LogP contribution in [0.15, 0.2) is 58.6 Å². The average Bonchev–Trinajstić information content (AvgIpc) is 3.13. The molecule has 2 aromatic rings. The number of ether oxygens (including phenoxy) is 1. The van der Waals surface area contributed by atoms with Crippen molar-refractivity contribution < 1.29 is 14.3 Å². The van der Waals surface area contributed by atoms with E-state index in [9.17, 15) is 9.59 Å². The fraction of sp³-hybridized carbons (Fsp3) is 0.273. The van der Waals surface area contributed by atoms with E-state index in [4.69, 9.17) is 4.74 Å². The van der Waals surface area contributed by atoms with Crippen molar-refractivity contribution >= 4 is 24.1 Å². The lowest BCUT2D eigenvalue weighted by Gasteiger charge is -2.36. The first-order valence-corrected chi connectivity index (χ1v) is 9.87. The van der Waals surface area contributed by atoms with E-state index in [0.717, 1.165) is 22.4 Å². The number of fused-ring (bicyclic) bond motifs is 1. The summed E-state index contributed by atoms with van der Waals surface area (Å²) in [4.78, 5) is 32.5. The number of likely N-dealkylation sites (N-methyl/N-ethyl adjacent to an activating group) is 1. The van der Waals surface area contributed by atoms with Gasteiger partial charge in [0.1, 0.15) is 5.75 Å². The van der Waals surface area contributed by atoms with E-state index in [1.807, 2.05) is 60.4 Å². The maximum Gasteiger partial charge on any atom is 0.325 e. The summed E-state index contributed by atoms with van der Waals surface area (Å²) in [5, 5.41) is 6.68. The minimum absolute atomic E-state index is 0.375. The van der Waals surface area contributed by atoms with E-state index < -0.39 is 18.2 Å². The number of carbonyl (C=O) groups excluding carboxylic acids is 2. The molecule has 0 saturated carbocycles. The highest BCUT2D eigenvalue weighted by atomic mass is 16.5. The highest BCUT2D eigenvalue weighted by molar-refractivity contribution is 6.03. The second-order valence-electron chi connectivity index (χ2n) is 7.47. The molecule has 2 aliphatic rings. The number of rotatable bonds is 5. The Morgan fingerprint density at radius 2 is 1.87 bits per heavy atom. The van der Waals surface area contributed by atoms with Gasteiger partial charge in [0.15, 0.2) is 12.2 Å². The smallest absolute Gasteiger partial charge is 0.325 e. The highest BCUT2D eigenvalue weighted by Crippen LogP contribution is 2.25. The zero-order valence-electron chi connectivity index (χ0n) is 17.6. The Bertz CT molecular complexity index is 1030. The third-order valence-corrected chi connectivity index (χ3v) is 5.33. The second kappa shape index (κ2) is 8.47. The van der Waals surface area contributed by atoms with Gasteiger partial charge in [0, 0.05) is 13.6 Å². The molecule has 2 heterocycles. The van der Waals surface area contributed by atoms with Crippen LogP contribution >= 0.6 is 0 Å². The maximum atomic E-state index is 12.6. The van der Waals surface area contributed by atoms with Crippen molar-refractivity contribution in [3.05, 3.63) is 65.2 Å². The Morgan fingerprint density at radius 1 is 1.16 bits per heavy atom. The van der Waals surface area contributed by atoms with Crippen molar-refractivity contribution in [3.63, 3.8) is 0 Å². The van der Waals surface area contributed by atoms with Crippen molar-refractivity contribution in [1.29, 1.82) is 0 Å². The molecular formula is C22H24N6O3. The van der Waals surface area contributed by atoms with Gasteiger partial charge in [-0.05, 0) is 42.3 Å². The summed E-state index contributed by atoms with van der Waals surface area (Å²) in [5.41, 5.74) is 6.00. The minimum atomic E-state index is -0.636. The number of imide groups is 1. The molecule has 2 atom stereocenters. The third kappa shape index (κ3) is 4.20. The summed E-state index contributed by atoms with van der Waals surface area (Å²) in [7, 11) is 3.24. The van der Waals surface area contributed by atoms with Gasteiger partial charge in [-0.1, -0.05) is 29.8 Å². The number of aryl methyl sites for hydroxylation is 1. The SMILES string of the molecule is COc1ccc(/C=N/NC2=NC3C(C(=O)NC(=O)N3C)N2Cc2ccc(C)cc2)cc1. The molecule has 0 aliphatic carbocycles. The van der Waals surface area contributed by atoms with E-state index in [2.05, 4.69) is 20.8 Å². The predicted molar refractivity (Wildman–Crippen MR) is 117 cm³/mol. The molecule has 31 heavy (non-hydrogen) atoms. The van der Waals surface area contributed by atoms with Crippen LogP contribution in [0.2, 0.25) is 0 Å². The first-order chi connectivity index (χ1) is 15.0. The van der Waals surface area contributed by atoms with Gasteiger partial charge in [0.2, 0.25) is 5.96 Å². The van der Waals surface area contributed by atoms with Gasteiger partial charge in [0.25, 0.3) is 5.91 Å². The van der Waals surface area contributed by atoms with Crippen molar-refractivity contribution in [2.75, 3.05) is 14.2 Å². The van der Waals surface area contributed by atoms with E-state index in [1.165, 1.54) is 4.90 Å². The fourth-order valence-electron chi connectivity index (χ4n) is 3.54. The van der Waals surface area contributed by atoms with Crippen LogP contribution in [0.1, 0.15) is 16.7 Å². The minimum Gasteiger partial charge on any atom is -0.497 e. The van der Waals surface area contributed by atoms with Gasteiger partial charge >= 0.3 is 6.03 Å². The number of hydrazone groups is 1. The number of benzene rings is 2. The lowest BCUT2D eigenvalue weighted by molar-refractivity contribution is -0.127. The molecular weight excluding hydrogens is 396 g/mol. The van der Waals surface area contributed by atoms with Crippen molar-refractivity contribution in [1.82, 2.24) is 20.5 Å². The second-order valence-corrected chi connectivity index (χ2v) is 7.47. The Balaban J connectivity index is 1.57. The molecule has 0 radical (unpaired) electrons. The van der Waals surface area contributed by atoms with Gasteiger partial charge in [-0.25, -0.2) is 15.2 Å². The fourth-order valence-corrected chi connectivity index (χ4v) is 3.54. The number of nitrogens with zero attached hydrogens (tertiary/aromatic N) is 4.